The number of benzene rings is 2. The third kappa shape index (κ3) is 5.01. The molecule has 5 nitrogen and oxygen atoms in total. The van der Waals surface area contributed by atoms with Gasteiger partial charge < -0.3 is 14.5 Å². The number of halogens is 5. The Bertz CT molecular complexity index is 884. The Hall–Kier alpha value is -3.17. The van der Waals surface area contributed by atoms with Crippen LogP contribution in [0, 0.1) is 0 Å². The van der Waals surface area contributed by atoms with E-state index in [0.29, 0.717) is 5.69 Å². The molecular formula is C19H15F5N2O3. The highest BCUT2D eigenvalue weighted by Gasteiger charge is 2.35. The number of amides is 1. The van der Waals surface area contributed by atoms with Crippen LogP contribution in [0.25, 0.3) is 0 Å². The van der Waals surface area contributed by atoms with Gasteiger partial charge in [-0.3, -0.25) is 4.79 Å². The van der Waals surface area contributed by atoms with E-state index in [1.54, 1.807) is 6.07 Å². The van der Waals surface area contributed by atoms with Gasteiger partial charge >= 0.3 is 12.8 Å². The Balaban J connectivity index is 1.63. The van der Waals surface area contributed by atoms with Gasteiger partial charge in [-0.25, -0.2) is 0 Å². The molecule has 0 N–H and O–H groups in total. The highest BCUT2D eigenvalue weighted by atomic mass is 19.4. The molecule has 2 aromatic rings. The third-order valence-corrected chi connectivity index (χ3v) is 4.18. The van der Waals surface area contributed by atoms with Crippen LogP contribution in [0.4, 0.5) is 27.6 Å². The van der Waals surface area contributed by atoms with Crippen LogP contribution in [-0.4, -0.2) is 31.4 Å². The highest BCUT2D eigenvalue weighted by molar-refractivity contribution is 5.98. The zero-order chi connectivity index (χ0) is 21.0. The zero-order valence-electron chi connectivity index (χ0n) is 14.8. The maximum absolute atomic E-state index is 12.6. The van der Waals surface area contributed by atoms with Crippen LogP contribution in [0.5, 0.6) is 5.75 Å². The number of alkyl halides is 5. The van der Waals surface area contributed by atoms with Gasteiger partial charge in [0.1, 0.15) is 5.75 Å². The van der Waals surface area contributed by atoms with E-state index in [2.05, 4.69) is 9.89 Å². The lowest BCUT2D eigenvalue weighted by Gasteiger charge is -2.17. The quantitative estimate of drug-likeness (QED) is 0.398. The van der Waals surface area contributed by atoms with Crippen LogP contribution in [0.15, 0.2) is 53.7 Å². The predicted molar refractivity (Wildman–Crippen MR) is 94.0 cm³/mol. The molecule has 1 fully saturated rings. The van der Waals surface area contributed by atoms with E-state index in [1.165, 1.54) is 35.2 Å². The van der Waals surface area contributed by atoms with Crippen molar-refractivity contribution in [2.75, 3.05) is 11.4 Å². The first-order valence-corrected chi connectivity index (χ1v) is 8.47. The standard InChI is InChI=1S/C19H15F5N2O3/c20-18(21)28-15-4-2-1-3-12(15)11-25-29-16-9-10-26(17(16)27)14-7-5-13(6-8-14)19(22,23)24/h1-8,11,16,18H,9-10H2. The van der Waals surface area contributed by atoms with Crippen LogP contribution >= 0.6 is 0 Å². The summed E-state index contributed by atoms with van der Waals surface area (Å²) >= 11 is 0. The maximum atomic E-state index is 12.6. The topological polar surface area (TPSA) is 51.1 Å². The van der Waals surface area contributed by atoms with Gasteiger partial charge in [-0.2, -0.15) is 22.0 Å². The predicted octanol–water partition coefficient (Wildman–Crippen LogP) is 4.46. The second-order valence-corrected chi connectivity index (χ2v) is 6.07. The summed E-state index contributed by atoms with van der Waals surface area (Å²) in [5, 5.41) is 3.67. The van der Waals surface area contributed by atoms with E-state index in [9.17, 15) is 26.7 Å². The van der Waals surface area contributed by atoms with Crippen molar-refractivity contribution in [3.63, 3.8) is 0 Å². The van der Waals surface area contributed by atoms with Gasteiger partial charge in [-0.1, -0.05) is 17.3 Å². The summed E-state index contributed by atoms with van der Waals surface area (Å²) in [5.74, 6) is -0.557. The van der Waals surface area contributed by atoms with Gasteiger partial charge in [-0.05, 0) is 36.4 Å². The van der Waals surface area contributed by atoms with Crippen molar-refractivity contribution in [2.24, 2.45) is 5.16 Å². The van der Waals surface area contributed by atoms with Crippen molar-refractivity contribution in [3.8, 4) is 5.75 Å². The van der Waals surface area contributed by atoms with E-state index in [0.717, 1.165) is 18.3 Å². The second kappa shape index (κ2) is 8.46. The van der Waals surface area contributed by atoms with Crippen molar-refractivity contribution in [3.05, 3.63) is 59.7 Å². The number of hydrogen-bond donors (Lipinski definition) is 0. The van der Waals surface area contributed by atoms with Gasteiger partial charge in [0.2, 0.25) is 6.10 Å². The lowest BCUT2D eigenvalue weighted by molar-refractivity contribution is -0.137. The molecule has 154 valence electrons. The normalized spacial score (nSPS) is 17.4. The molecule has 1 aliphatic rings. The summed E-state index contributed by atoms with van der Waals surface area (Å²) in [6.07, 6.45) is -3.98. The van der Waals surface area contributed by atoms with Crippen LogP contribution in [0.3, 0.4) is 0 Å². The maximum Gasteiger partial charge on any atom is 0.416 e. The summed E-state index contributed by atoms with van der Waals surface area (Å²) in [7, 11) is 0. The first-order chi connectivity index (χ1) is 13.8. The second-order valence-electron chi connectivity index (χ2n) is 6.07. The molecule has 0 aliphatic carbocycles. The molecule has 0 bridgehead atoms. The molecule has 0 saturated carbocycles. The van der Waals surface area contributed by atoms with Gasteiger partial charge in [0.05, 0.1) is 11.8 Å². The fourth-order valence-electron chi connectivity index (χ4n) is 2.79. The van der Waals surface area contributed by atoms with Crippen LogP contribution in [0.2, 0.25) is 0 Å². The Morgan fingerprint density at radius 1 is 1.10 bits per heavy atom. The molecule has 3 rings (SSSR count). The minimum Gasteiger partial charge on any atom is -0.434 e. The summed E-state index contributed by atoms with van der Waals surface area (Å²) in [5.41, 5.74) is -0.262. The molecule has 1 heterocycles. The largest absolute Gasteiger partial charge is 0.434 e. The molecule has 1 unspecified atom stereocenters. The Labute approximate surface area is 162 Å². The number of para-hydroxylation sites is 1. The molecule has 1 amide bonds. The number of rotatable bonds is 6. The van der Waals surface area contributed by atoms with Crippen molar-refractivity contribution < 1.29 is 36.3 Å². The van der Waals surface area contributed by atoms with Crippen molar-refractivity contribution in [1.82, 2.24) is 0 Å². The van der Waals surface area contributed by atoms with E-state index in [1.807, 2.05) is 0 Å². The number of ether oxygens (including phenoxy) is 1. The molecular weight excluding hydrogens is 399 g/mol. The lowest BCUT2D eigenvalue weighted by atomic mass is 10.2. The minimum atomic E-state index is -4.46. The molecule has 0 aromatic heterocycles. The summed E-state index contributed by atoms with van der Waals surface area (Å²) in [6, 6.07) is 10.1. The summed E-state index contributed by atoms with van der Waals surface area (Å²) in [6.45, 7) is -2.76. The number of nitrogens with zero attached hydrogens (tertiary/aromatic N) is 2. The van der Waals surface area contributed by atoms with Crippen molar-refractivity contribution in [1.29, 1.82) is 0 Å². The zero-order valence-corrected chi connectivity index (χ0v) is 14.8. The van der Waals surface area contributed by atoms with Crippen LogP contribution < -0.4 is 9.64 Å². The van der Waals surface area contributed by atoms with Crippen LogP contribution in [-0.2, 0) is 15.8 Å². The first-order valence-electron chi connectivity index (χ1n) is 8.47. The smallest absolute Gasteiger partial charge is 0.416 e. The molecule has 2 aromatic carbocycles. The Kier molecular flexibility index (Phi) is 6.00. The van der Waals surface area contributed by atoms with Gasteiger partial charge in [0.15, 0.2) is 0 Å². The van der Waals surface area contributed by atoms with E-state index >= 15 is 0 Å². The molecule has 0 spiro atoms. The molecule has 29 heavy (non-hydrogen) atoms. The molecule has 1 atom stereocenters. The first kappa shape index (κ1) is 20.6. The Morgan fingerprint density at radius 2 is 1.79 bits per heavy atom. The number of anilines is 1. The fraction of sp³-hybridized carbons (Fsp3) is 0.263. The number of carbonyl (C=O) groups excluding carboxylic acids is 1. The Morgan fingerprint density at radius 3 is 2.45 bits per heavy atom. The molecule has 0 radical (unpaired) electrons. The number of carbonyl (C=O) groups is 1. The average molecular weight is 414 g/mol. The van der Waals surface area contributed by atoms with E-state index in [4.69, 9.17) is 4.84 Å². The lowest BCUT2D eigenvalue weighted by Crippen LogP contribution is -2.30. The average Bonchev–Trinajstić information content (AvgIpc) is 3.03. The van der Waals surface area contributed by atoms with Gasteiger partial charge in [0.25, 0.3) is 5.91 Å². The van der Waals surface area contributed by atoms with Crippen molar-refractivity contribution in [2.45, 2.75) is 25.3 Å². The third-order valence-electron chi connectivity index (χ3n) is 4.18. The summed E-state index contributed by atoms with van der Waals surface area (Å²) in [4.78, 5) is 18.9. The van der Waals surface area contributed by atoms with Crippen LogP contribution in [0.1, 0.15) is 17.5 Å². The molecule has 1 aliphatic heterocycles. The highest BCUT2D eigenvalue weighted by Crippen LogP contribution is 2.31. The van der Waals surface area contributed by atoms with E-state index < -0.39 is 30.4 Å². The van der Waals surface area contributed by atoms with Gasteiger partial charge in [0, 0.05) is 24.2 Å². The SMILES string of the molecule is O=C1C(ON=Cc2ccccc2OC(F)F)CCN1c1ccc(C(F)(F)F)cc1. The molecule has 10 heteroatoms. The number of oxime groups is 1. The van der Waals surface area contributed by atoms with Gasteiger partial charge in [-0.15, -0.1) is 0 Å². The molecule has 1 saturated heterocycles. The minimum absolute atomic E-state index is 0.0982. The van der Waals surface area contributed by atoms with Crippen molar-refractivity contribution >= 4 is 17.8 Å². The van der Waals surface area contributed by atoms with E-state index in [-0.39, 0.29) is 24.3 Å². The fourth-order valence-corrected chi connectivity index (χ4v) is 2.79. The number of hydrogen-bond acceptors (Lipinski definition) is 4. The monoisotopic (exact) mass is 414 g/mol. The summed E-state index contributed by atoms with van der Waals surface area (Å²) < 4.78 is 67.1.